The Kier molecular flexibility index (Phi) is 3.99. The molecule has 0 radical (unpaired) electrons. The van der Waals surface area contributed by atoms with E-state index in [0.29, 0.717) is 9.88 Å². The number of nitrogens with zero attached hydrogens (tertiary/aromatic N) is 1. The van der Waals surface area contributed by atoms with E-state index in [1.165, 1.54) is 6.92 Å². The van der Waals surface area contributed by atoms with Gasteiger partial charge in [0, 0.05) is 19.7 Å². The van der Waals surface area contributed by atoms with E-state index >= 15 is 0 Å². The van der Waals surface area contributed by atoms with E-state index in [0.717, 1.165) is 17.0 Å². The zero-order valence-electron chi connectivity index (χ0n) is 11.0. The first-order valence-corrected chi connectivity index (χ1v) is 6.68. The van der Waals surface area contributed by atoms with Crippen LogP contribution < -0.4 is 10.6 Å². The number of hydrogen-bond acceptors (Lipinski definition) is 6. The number of para-hydroxylation sites is 1. The van der Waals surface area contributed by atoms with E-state index in [9.17, 15) is 14.9 Å². The average Bonchev–Trinajstić information content (AvgIpc) is 2.78. The lowest BCUT2D eigenvalue weighted by molar-refractivity contribution is -0.382. The summed E-state index contributed by atoms with van der Waals surface area (Å²) in [6.07, 6.45) is 0. The Morgan fingerprint density at radius 3 is 2.45 bits per heavy atom. The molecule has 0 spiro atoms. The first kappa shape index (κ1) is 14.0. The minimum Gasteiger partial charge on any atom is -0.381 e. The van der Waals surface area contributed by atoms with Crippen LogP contribution in [0.3, 0.4) is 0 Å². The normalized spacial score (nSPS) is 10.1. The molecule has 7 heteroatoms. The molecule has 0 saturated carbocycles. The molecule has 1 heterocycles. The number of hydrogen-bond donors (Lipinski definition) is 2. The van der Waals surface area contributed by atoms with Crippen LogP contribution in [0.4, 0.5) is 22.1 Å². The Morgan fingerprint density at radius 2 is 1.95 bits per heavy atom. The van der Waals surface area contributed by atoms with Crippen molar-refractivity contribution < 1.29 is 9.72 Å². The van der Waals surface area contributed by atoms with Crippen molar-refractivity contribution in [2.45, 2.75) is 6.92 Å². The Labute approximate surface area is 119 Å². The van der Waals surface area contributed by atoms with Gasteiger partial charge >= 0.3 is 5.69 Å². The minimum atomic E-state index is -0.486. The highest BCUT2D eigenvalue weighted by molar-refractivity contribution is 7.19. The quantitative estimate of drug-likeness (QED) is 0.499. The van der Waals surface area contributed by atoms with Gasteiger partial charge in [-0.1, -0.05) is 18.2 Å². The first-order chi connectivity index (χ1) is 9.54. The summed E-state index contributed by atoms with van der Waals surface area (Å²) >= 11 is 1.08. The van der Waals surface area contributed by atoms with Crippen LogP contribution in [0, 0.1) is 10.1 Å². The van der Waals surface area contributed by atoms with Gasteiger partial charge in [0.15, 0.2) is 10.8 Å². The van der Waals surface area contributed by atoms with Crippen LogP contribution in [0.5, 0.6) is 0 Å². The van der Waals surface area contributed by atoms with Gasteiger partial charge in [-0.05, 0) is 12.1 Å². The molecule has 0 unspecified atom stereocenters. The number of rotatable bonds is 5. The van der Waals surface area contributed by atoms with Crippen molar-refractivity contribution in [2.75, 3.05) is 17.7 Å². The Bertz CT molecular complexity index is 652. The highest BCUT2D eigenvalue weighted by Gasteiger charge is 2.28. The summed E-state index contributed by atoms with van der Waals surface area (Å²) < 4.78 is 0. The number of nitrogens with one attached hydrogen (secondary N) is 2. The Morgan fingerprint density at radius 1 is 1.30 bits per heavy atom. The molecule has 0 bridgehead atoms. The summed E-state index contributed by atoms with van der Waals surface area (Å²) in [4.78, 5) is 22.7. The van der Waals surface area contributed by atoms with Crippen LogP contribution in [-0.2, 0) is 0 Å². The van der Waals surface area contributed by atoms with Gasteiger partial charge in [-0.25, -0.2) is 0 Å². The molecule has 0 aliphatic carbocycles. The number of carbonyl (C=O) groups is 1. The third-order valence-corrected chi connectivity index (χ3v) is 3.86. The van der Waals surface area contributed by atoms with Crippen LogP contribution in [0.25, 0.3) is 0 Å². The van der Waals surface area contributed by atoms with Crippen LogP contribution in [-0.4, -0.2) is 17.8 Å². The number of ketones is 1. The molecule has 104 valence electrons. The summed E-state index contributed by atoms with van der Waals surface area (Å²) in [5.41, 5.74) is 0.882. The van der Waals surface area contributed by atoms with E-state index in [1.807, 2.05) is 18.2 Å². The predicted octanol–water partition coefficient (Wildman–Crippen LogP) is 3.64. The number of carbonyl (C=O) groups excluding carboxylic acids is 1. The topological polar surface area (TPSA) is 84.3 Å². The molecule has 20 heavy (non-hydrogen) atoms. The molecule has 0 fully saturated rings. The summed E-state index contributed by atoms with van der Waals surface area (Å²) in [5, 5.41) is 17.3. The largest absolute Gasteiger partial charge is 0.381 e. The van der Waals surface area contributed by atoms with Crippen molar-refractivity contribution in [3.05, 3.63) is 45.3 Å². The van der Waals surface area contributed by atoms with Crippen LogP contribution in [0.15, 0.2) is 30.3 Å². The van der Waals surface area contributed by atoms with Crippen molar-refractivity contribution in [1.82, 2.24) is 0 Å². The fourth-order valence-electron chi connectivity index (χ4n) is 1.81. The maximum Gasteiger partial charge on any atom is 0.327 e. The molecule has 2 N–H and O–H groups in total. The molecule has 0 aliphatic rings. The molecule has 0 atom stereocenters. The molecule has 1 aromatic heterocycles. The zero-order valence-corrected chi connectivity index (χ0v) is 11.8. The number of anilines is 3. The number of benzene rings is 1. The van der Waals surface area contributed by atoms with Gasteiger partial charge < -0.3 is 10.6 Å². The van der Waals surface area contributed by atoms with E-state index in [4.69, 9.17) is 0 Å². The maximum atomic E-state index is 11.6. The minimum absolute atomic E-state index is 0.105. The monoisotopic (exact) mass is 291 g/mol. The predicted molar refractivity (Wildman–Crippen MR) is 80.2 cm³/mol. The summed E-state index contributed by atoms with van der Waals surface area (Å²) in [7, 11) is 1.56. The number of Topliss-reactive ketones (excluding diaryl/α,β-unsaturated/α-hetero) is 1. The zero-order chi connectivity index (χ0) is 14.7. The van der Waals surface area contributed by atoms with Gasteiger partial charge in [0.2, 0.25) is 0 Å². The fourth-order valence-corrected chi connectivity index (χ4v) is 2.90. The number of nitro groups is 1. The lowest BCUT2D eigenvalue weighted by atomic mass is 10.2. The van der Waals surface area contributed by atoms with E-state index in [2.05, 4.69) is 10.6 Å². The molecule has 2 rings (SSSR count). The maximum absolute atomic E-state index is 11.6. The lowest BCUT2D eigenvalue weighted by Crippen LogP contribution is -1.99. The molecule has 6 nitrogen and oxygen atoms in total. The second-order valence-corrected chi connectivity index (χ2v) is 5.06. The van der Waals surface area contributed by atoms with Gasteiger partial charge in [-0.15, -0.1) is 11.3 Å². The SMILES string of the molecule is CNc1c(C(C)=O)sc(Nc2ccccc2)c1[N+](=O)[O-]. The highest BCUT2D eigenvalue weighted by atomic mass is 32.1. The van der Waals surface area contributed by atoms with Gasteiger partial charge in [0.05, 0.1) is 4.92 Å². The first-order valence-electron chi connectivity index (χ1n) is 5.86. The van der Waals surface area contributed by atoms with E-state index in [1.54, 1.807) is 19.2 Å². The summed E-state index contributed by atoms with van der Waals surface area (Å²) in [6.45, 7) is 1.39. The summed E-state index contributed by atoms with van der Waals surface area (Å²) in [5.74, 6) is -0.205. The van der Waals surface area contributed by atoms with Crippen molar-refractivity contribution >= 4 is 39.2 Å². The third kappa shape index (κ3) is 2.62. The van der Waals surface area contributed by atoms with Crippen molar-refractivity contribution in [2.24, 2.45) is 0 Å². The smallest absolute Gasteiger partial charge is 0.327 e. The molecule has 0 amide bonds. The van der Waals surface area contributed by atoms with Crippen LogP contribution in [0.1, 0.15) is 16.6 Å². The fraction of sp³-hybridized carbons (Fsp3) is 0.154. The lowest BCUT2D eigenvalue weighted by Gasteiger charge is -2.03. The Balaban J connectivity index is 2.52. The second-order valence-electron chi connectivity index (χ2n) is 4.04. The van der Waals surface area contributed by atoms with Crippen molar-refractivity contribution in [3.63, 3.8) is 0 Å². The van der Waals surface area contributed by atoms with Gasteiger partial charge in [0.25, 0.3) is 0 Å². The average molecular weight is 291 g/mol. The highest BCUT2D eigenvalue weighted by Crippen LogP contribution is 2.45. The molecule has 1 aromatic carbocycles. The summed E-state index contributed by atoms with van der Waals surface area (Å²) in [6, 6.07) is 9.11. The van der Waals surface area contributed by atoms with Gasteiger partial charge in [-0.2, -0.15) is 0 Å². The molecular weight excluding hydrogens is 278 g/mol. The standard InChI is InChI=1S/C13H13N3O3S/c1-8(17)12-10(14-2)11(16(18)19)13(20-12)15-9-6-4-3-5-7-9/h3-7,14-15H,1-2H3. The van der Waals surface area contributed by atoms with Crippen LogP contribution >= 0.6 is 11.3 Å². The van der Waals surface area contributed by atoms with Crippen LogP contribution in [0.2, 0.25) is 0 Å². The van der Waals surface area contributed by atoms with E-state index < -0.39 is 4.92 Å². The van der Waals surface area contributed by atoms with Crippen molar-refractivity contribution in [3.8, 4) is 0 Å². The van der Waals surface area contributed by atoms with Gasteiger partial charge in [-0.3, -0.25) is 14.9 Å². The molecular formula is C13H13N3O3S. The Hall–Kier alpha value is -2.41. The van der Waals surface area contributed by atoms with E-state index in [-0.39, 0.29) is 17.2 Å². The second kappa shape index (κ2) is 5.70. The molecule has 0 saturated heterocycles. The molecule has 0 aliphatic heterocycles. The molecule has 2 aromatic rings. The third-order valence-electron chi connectivity index (χ3n) is 2.67. The number of thiophene rings is 1. The van der Waals surface area contributed by atoms with Gasteiger partial charge in [0.1, 0.15) is 10.6 Å². The van der Waals surface area contributed by atoms with Crippen molar-refractivity contribution in [1.29, 1.82) is 0 Å².